The van der Waals surface area contributed by atoms with Gasteiger partial charge in [0.15, 0.2) is 0 Å². The van der Waals surface area contributed by atoms with Gasteiger partial charge in [-0.3, -0.25) is 19.3 Å². The van der Waals surface area contributed by atoms with E-state index in [1.807, 2.05) is 0 Å². The predicted molar refractivity (Wildman–Crippen MR) is 85.5 cm³/mol. The van der Waals surface area contributed by atoms with E-state index in [1.165, 1.54) is 0 Å². The zero-order chi connectivity index (χ0) is 19.2. The Labute approximate surface area is 148 Å². The smallest absolute Gasteiger partial charge is 0.372 e. The molecule has 1 aliphatic heterocycles. The largest absolute Gasteiger partial charge is 0.411 e. The number of carbonyl (C=O) groups is 3. The van der Waals surface area contributed by atoms with Gasteiger partial charge in [0.25, 0.3) is 11.8 Å². The van der Waals surface area contributed by atoms with Crippen molar-refractivity contribution >= 4 is 17.7 Å². The summed E-state index contributed by atoms with van der Waals surface area (Å²) in [6, 6.07) is 6.53. The number of carbonyl (C=O) groups excluding carboxylic acids is 3. The number of alkyl halides is 3. The quantitative estimate of drug-likeness (QED) is 0.532. The first-order valence-corrected chi connectivity index (χ1v) is 8.16. The predicted octanol–water partition coefficient (Wildman–Crippen LogP) is 2.15. The Morgan fingerprint density at radius 1 is 1.08 bits per heavy atom. The topological polar surface area (TPSA) is 75.7 Å². The zero-order valence-electron chi connectivity index (χ0n) is 14.0. The summed E-state index contributed by atoms with van der Waals surface area (Å²) < 4.78 is 40.0. The monoisotopic (exact) mass is 372 g/mol. The van der Waals surface area contributed by atoms with Crippen LogP contribution in [0.1, 0.15) is 40.0 Å². The van der Waals surface area contributed by atoms with Crippen LogP contribution >= 0.6 is 0 Å². The standard InChI is InChI=1S/C17H19F3N2O4/c18-17(19,20)11-26-10-4-8-21-14(23)7-3-9-22-15(24)12-5-1-2-6-13(12)16(22)25/h1-2,5-6H,3-4,7-11H2,(H,21,23). The normalized spacial score (nSPS) is 13.9. The molecule has 0 saturated carbocycles. The summed E-state index contributed by atoms with van der Waals surface area (Å²) >= 11 is 0. The second-order valence-corrected chi connectivity index (χ2v) is 5.78. The molecule has 9 heteroatoms. The van der Waals surface area contributed by atoms with Crippen molar-refractivity contribution in [2.24, 2.45) is 0 Å². The minimum atomic E-state index is -4.35. The van der Waals surface area contributed by atoms with Crippen LogP contribution in [0.4, 0.5) is 13.2 Å². The molecule has 1 aromatic rings. The molecule has 0 bridgehead atoms. The van der Waals surface area contributed by atoms with E-state index in [0.717, 1.165) is 4.90 Å². The Morgan fingerprint density at radius 2 is 1.69 bits per heavy atom. The van der Waals surface area contributed by atoms with Crippen LogP contribution in [0.3, 0.4) is 0 Å². The Kier molecular flexibility index (Phi) is 6.73. The van der Waals surface area contributed by atoms with E-state index in [9.17, 15) is 27.6 Å². The van der Waals surface area contributed by atoms with Crippen LogP contribution < -0.4 is 5.32 Å². The zero-order valence-corrected chi connectivity index (χ0v) is 14.0. The third kappa shape index (κ3) is 5.55. The molecule has 142 valence electrons. The van der Waals surface area contributed by atoms with Gasteiger partial charge < -0.3 is 10.1 Å². The molecule has 26 heavy (non-hydrogen) atoms. The van der Waals surface area contributed by atoms with E-state index in [2.05, 4.69) is 10.1 Å². The maximum atomic E-state index is 12.1. The second kappa shape index (κ2) is 8.79. The molecule has 0 saturated heterocycles. The minimum Gasteiger partial charge on any atom is -0.372 e. The Bertz CT molecular complexity index is 641. The highest BCUT2D eigenvalue weighted by Gasteiger charge is 2.34. The lowest BCUT2D eigenvalue weighted by Gasteiger charge is -2.13. The van der Waals surface area contributed by atoms with Gasteiger partial charge in [-0.1, -0.05) is 12.1 Å². The first kappa shape index (κ1) is 19.9. The third-order valence-electron chi connectivity index (χ3n) is 3.72. The summed E-state index contributed by atoms with van der Waals surface area (Å²) in [7, 11) is 0. The lowest BCUT2D eigenvalue weighted by molar-refractivity contribution is -0.174. The van der Waals surface area contributed by atoms with Crippen LogP contribution in [0, 0.1) is 0 Å². The molecule has 0 radical (unpaired) electrons. The molecule has 2 rings (SSSR count). The number of amides is 3. The summed E-state index contributed by atoms with van der Waals surface area (Å²) in [5.41, 5.74) is 0.724. The molecule has 1 aliphatic rings. The summed E-state index contributed by atoms with van der Waals surface area (Å²) in [5, 5.41) is 2.56. The van der Waals surface area contributed by atoms with Crippen molar-refractivity contribution in [3.05, 3.63) is 35.4 Å². The van der Waals surface area contributed by atoms with Crippen LogP contribution in [0.2, 0.25) is 0 Å². The van der Waals surface area contributed by atoms with E-state index >= 15 is 0 Å². The van der Waals surface area contributed by atoms with Crippen molar-refractivity contribution in [1.82, 2.24) is 10.2 Å². The van der Waals surface area contributed by atoms with E-state index in [0.29, 0.717) is 17.5 Å². The number of benzene rings is 1. The molecule has 1 heterocycles. The summed E-state index contributed by atoms with van der Waals surface area (Å²) in [6.07, 6.45) is -3.67. The van der Waals surface area contributed by atoms with Crippen molar-refractivity contribution < 1.29 is 32.3 Å². The SMILES string of the molecule is O=C(CCCN1C(=O)c2ccccc2C1=O)NCCCOCC(F)(F)F. The number of hydrogen-bond acceptors (Lipinski definition) is 4. The number of imide groups is 1. The summed E-state index contributed by atoms with van der Waals surface area (Å²) in [6.45, 7) is -1.08. The van der Waals surface area contributed by atoms with Gasteiger partial charge in [0.1, 0.15) is 6.61 Å². The molecular weight excluding hydrogens is 353 g/mol. The average Bonchev–Trinajstić information content (AvgIpc) is 2.82. The van der Waals surface area contributed by atoms with Crippen molar-refractivity contribution in [1.29, 1.82) is 0 Å². The molecule has 1 aromatic carbocycles. The fraction of sp³-hybridized carbons (Fsp3) is 0.471. The molecule has 3 amide bonds. The third-order valence-corrected chi connectivity index (χ3v) is 3.72. The highest BCUT2D eigenvalue weighted by molar-refractivity contribution is 6.21. The minimum absolute atomic E-state index is 0.102. The fourth-order valence-corrected chi connectivity index (χ4v) is 2.52. The van der Waals surface area contributed by atoms with E-state index in [-0.39, 0.29) is 50.3 Å². The first-order chi connectivity index (χ1) is 12.3. The second-order valence-electron chi connectivity index (χ2n) is 5.78. The molecule has 0 fully saturated rings. The number of halogens is 3. The molecule has 0 aliphatic carbocycles. The van der Waals surface area contributed by atoms with E-state index in [1.54, 1.807) is 24.3 Å². The molecule has 0 unspecified atom stereocenters. The molecular formula is C17H19F3N2O4. The Morgan fingerprint density at radius 3 is 2.27 bits per heavy atom. The molecule has 1 N–H and O–H groups in total. The Balaban J connectivity index is 1.61. The van der Waals surface area contributed by atoms with Gasteiger partial charge in [-0.05, 0) is 25.0 Å². The average molecular weight is 372 g/mol. The highest BCUT2D eigenvalue weighted by Crippen LogP contribution is 2.22. The number of nitrogens with zero attached hydrogens (tertiary/aromatic N) is 1. The number of fused-ring (bicyclic) bond motifs is 1. The molecule has 0 spiro atoms. The summed E-state index contributed by atoms with van der Waals surface area (Å²) in [5.74, 6) is -1.03. The molecule has 0 atom stereocenters. The first-order valence-electron chi connectivity index (χ1n) is 8.16. The lowest BCUT2D eigenvalue weighted by atomic mass is 10.1. The van der Waals surface area contributed by atoms with Gasteiger partial charge in [0.2, 0.25) is 5.91 Å². The highest BCUT2D eigenvalue weighted by atomic mass is 19.4. The molecule has 0 aromatic heterocycles. The van der Waals surface area contributed by atoms with E-state index in [4.69, 9.17) is 0 Å². The van der Waals surface area contributed by atoms with Crippen LogP contribution in [0.15, 0.2) is 24.3 Å². The van der Waals surface area contributed by atoms with Crippen molar-refractivity contribution in [3.63, 3.8) is 0 Å². The van der Waals surface area contributed by atoms with Crippen molar-refractivity contribution in [2.45, 2.75) is 25.4 Å². The number of ether oxygens (including phenoxy) is 1. The lowest BCUT2D eigenvalue weighted by Crippen LogP contribution is -2.32. The summed E-state index contributed by atoms with van der Waals surface area (Å²) in [4.78, 5) is 37.1. The van der Waals surface area contributed by atoms with Gasteiger partial charge in [0, 0.05) is 26.1 Å². The van der Waals surface area contributed by atoms with Gasteiger partial charge in [0.05, 0.1) is 11.1 Å². The number of rotatable bonds is 9. The molecule has 6 nitrogen and oxygen atoms in total. The van der Waals surface area contributed by atoms with Crippen LogP contribution in [0.5, 0.6) is 0 Å². The van der Waals surface area contributed by atoms with Gasteiger partial charge in [-0.25, -0.2) is 0 Å². The Hall–Kier alpha value is -2.42. The number of nitrogens with one attached hydrogen (secondary N) is 1. The van der Waals surface area contributed by atoms with Crippen LogP contribution in [-0.4, -0.2) is 55.1 Å². The van der Waals surface area contributed by atoms with Gasteiger partial charge in [-0.15, -0.1) is 0 Å². The van der Waals surface area contributed by atoms with Crippen LogP contribution in [-0.2, 0) is 9.53 Å². The van der Waals surface area contributed by atoms with Gasteiger partial charge in [-0.2, -0.15) is 13.2 Å². The maximum Gasteiger partial charge on any atom is 0.411 e. The van der Waals surface area contributed by atoms with Crippen molar-refractivity contribution in [2.75, 3.05) is 26.3 Å². The number of hydrogen-bond donors (Lipinski definition) is 1. The van der Waals surface area contributed by atoms with Crippen LogP contribution in [0.25, 0.3) is 0 Å². The maximum absolute atomic E-state index is 12.1. The fourth-order valence-electron chi connectivity index (χ4n) is 2.52. The van der Waals surface area contributed by atoms with Gasteiger partial charge >= 0.3 is 6.18 Å². The van der Waals surface area contributed by atoms with E-state index < -0.39 is 12.8 Å². The van der Waals surface area contributed by atoms with Crippen molar-refractivity contribution in [3.8, 4) is 0 Å².